The Hall–Kier alpha value is -2.40. The number of rotatable bonds is 10. The highest BCUT2D eigenvalue weighted by Crippen LogP contribution is 2.43. The summed E-state index contributed by atoms with van der Waals surface area (Å²) in [6.45, 7) is 11.8. The normalized spacial score (nSPS) is 30.6. The van der Waals surface area contributed by atoms with E-state index in [4.69, 9.17) is 9.47 Å². The highest BCUT2D eigenvalue weighted by molar-refractivity contribution is 5.30. The first-order chi connectivity index (χ1) is 18.4. The molecule has 1 aliphatic heterocycles. The molecule has 2 saturated carbocycles. The third kappa shape index (κ3) is 7.16. The van der Waals surface area contributed by atoms with Gasteiger partial charge in [-0.3, -0.25) is 0 Å². The van der Waals surface area contributed by atoms with Crippen LogP contribution in [0.1, 0.15) is 81.3 Å². The van der Waals surface area contributed by atoms with E-state index in [1.165, 1.54) is 76.9 Å². The molecule has 1 aromatic rings. The van der Waals surface area contributed by atoms with E-state index in [1.54, 1.807) is 0 Å². The van der Waals surface area contributed by atoms with Gasteiger partial charge in [-0.05, 0) is 105 Å². The lowest BCUT2D eigenvalue weighted by Gasteiger charge is -2.41. The van der Waals surface area contributed by atoms with Crippen LogP contribution in [0.5, 0.6) is 0 Å². The van der Waals surface area contributed by atoms with Crippen molar-refractivity contribution >= 4 is 0 Å². The average molecular weight is 527 g/mol. The van der Waals surface area contributed by atoms with Crippen molar-refractivity contribution < 1.29 is 23.0 Å². The molecule has 4 rings (SSSR count). The lowest BCUT2D eigenvalue weighted by molar-refractivity contribution is -0.0721. The monoisotopic (exact) mass is 526 g/mol. The summed E-state index contributed by atoms with van der Waals surface area (Å²) in [4.78, 5) is 0. The summed E-state index contributed by atoms with van der Waals surface area (Å²) in [7, 11) is 1.23. The van der Waals surface area contributed by atoms with Crippen molar-refractivity contribution in [2.75, 3.05) is 13.7 Å². The minimum atomic E-state index is -1.20. The van der Waals surface area contributed by atoms with Crippen molar-refractivity contribution in [3.05, 3.63) is 84.4 Å². The summed E-state index contributed by atoms with van der Waals surface area (Å²) in [5.74, 6) is 0.366. The summed E-state index contributed by atoms with van der Waals surface area (Å²) in [5.41, 5.74) is 2.23. The number of allylic oxidation sites excluding steroid dienone is 3. The SMILES string of the molecule is C=CC1CCC(C2CCC(C3CCC(c4ccc(COC(=C)/C(F)=C(/F)C(=C)OC)cc4)CC3)CO2)CC1. The van der Waals surface area contributed by atoms with E-state index in [2.05, 4.69) is 42.7 Å². The molecular weight excluding hydrogens is 482 g/mol. The number of hydrogen-bond donors (Lipinski definition) is 0. The van der Waals surface area contributed by atoms with Crippen molar-refractivity contribution in [2.45, 2.75) is 82.8 Å². The van der Waals surface area contributed by atoms with Gasteiger partial charge in [0.1, 0.15) is 6.61 Å². The van der Waals surface area contributed by atoms with Gasteiger partial charge in [0.15, 0.2) is 11.5 Å². The Morgan fingerprint density at radius 1 is 0.842 bits per heavy atom. The highest BCUT2D eigenvalue weighted by Gasteiger charge is 2.35. The second kappa shape index (κ2) is 13.6. The summed E-state index contributed by atoms with van der Waals surface area (Å²) in [6, 6.07) is 8.28. The first kappa shape index (κ1) is 28.6. The Morgan fingerprint density at radius 3 is 2.03 bits per heavy atom. The quantitative estimate of drug-likeness (QED) is 0.173. The van der Waals surface area contributed by atoms with Crippen molar-refractivity contribution in [3.8, 4) is 0 Å². The third-order valence-electron chi connectivity index (χ3n) is 9.25. The molecule has 1 heterocycles. The fourth-order valence-electron chi connectivity index (χ4n) is 6.67. The maximum atomic E-state index is 14.1. The highest BCUT2D eigenvalue weighted by atomic mass is 19.2. The van der Waals surface area contributed by atoms with Gasteiger partial charge in [0.05, 0.1) is 19.8 Å². The number of methoxy groups -OCH3 is 1. The summed E-state index contributed by atoms with van der Waals surface area (Å²) >= 11 is 0. The molecule has 2 aliphatic carbocycles. The van der Waals surface area contributed by atoms with Gasteiger partial charge in [0.2, 0.25) is 11.7 Å². The Kier molecular flexibility index (Phi) is 10.2. The second-order valence-electron chi connectivity index (χ2n) is 11.4. The van der Waals surface area contributed by atoms with Gasteiger partial charge in [-0.1, -0.05) is 43.5 Å². The van der Waals surface area contributed by atoms with Gasteiger partial charge >= 0.3 is 0 Å². The minimum absolute atomic E-state index is 0.115. The van der Waals surface area contributed by atoms with Crippen LogP contribution in [0.2, 0.25) is 0 Å². The Bertz CT molecular complexity index is 974. The van der Waals surface area contributed by atoms with Gasteiger partial charge in [0, 0.05) is 0 Å². The van der Waals surface area contributed by atoms with E-state index < -0.39 is 17.4 Å². The molecule has 0 aromatic heterocycles. The van der Waals surface area contributed by atoms with E-state index in [0.717, 1.165) is 24.0 Å². The predicted molar refractivity (Wildman–Crippen MR) is 149 cm³/mol. The molecule has 0 N–H and O–H groups in total. The average Bonchev–Trinajstić information content (AvgIpc) is 2.99. The van der Waals surface area contributed by atoms with E-state index in [0.29, 0.717) is 23.9 Å². The zero-order chi connectivity index (χ0) is 27.1. The molecule has 0 amide bonds. The topological polar surface area (TPSA) is 27.7 Å². The molecule has 2 atom stereocenters. The lowest BCUT2D eigenvalue weighted by Crippen LogP contribution is -2.37. The van der Waals surface area contributed by atoms with Crippen molar-refractivity contribution in [1.29, 1.82) is 0 Å². The van der Waals surface area contributed by atoms with Gasteiger partial charge in [-0.15, -0.1) is 6.58 Å². The smallest absolute Gasteiger partial charge is 0.203 e. The fourth-order valence-corrected chi connectivity index (χ4v) is 6.67. The molecule has 1 saturated heterocycles. The maximum Gasteiger partial charge on any atom is 0.203 e. The number of hydrogen-bond acceptors (Lipinski definition) is 3. The molecule has 208 valence electrons. The van der Waals surface area contributed by atoms with Gasteiger partial charge < -0.3 is 14.2 Å². The number of halogens is 2. The van der Waals surface area contributed by atoms with Gasteiger partial charge in [-0.2, -0.15) is 8.78 Å². The van der Waals surface area contributed by atoms with Crippen LogP contribution in [0.4, 0.5) is 8.78 Å². The molecule has 3 fully saturated rings. The molecule has 3 aliphatic rings. The van der Waals surface area contributed by atoms with E-state index >= 15 is 0 Å². The first-order valence-electron chi connectivity index (χ1n) is 14.3. The maximum absolute atomic E-state index is 14.1. The molecule has 0 bridgehead atoms. The number of ether oxygens (including phenoxy) is 3. The summed E-state index contributed by atoms with van der Waals surface area (Å²) in [5, 5.41) is 0. The zero-order valence-corrected chi connectivity index (χ0v) is 22.9. The lowest BCUT2D eigenvalue weighted by atomic mass is 9.71. The summed E-state index contributed by atoms with van der Waals surface area (Å²) < 4.78 is 44.3. The zero-order valence-electron chi connectivity index (χ0n) is 22.9. The summed E-state index contributed by atoms with van der Waals surface area (Å²) in [6.07, 6.45) is 15.3. The second-order valence-corrected chi connectivity index (χ2v) is 11.4. The van der Waals surface area contributed by atoms with Crippen LogP contribution in [0.25, 0.3) is 0 Å². The van der Waals surface area contributed by atoms with E-state index in [1.807, 2.05) is 12.1 Å². The molecule has 0 spiro atoms. The molecular formula is C33H44F2O3. The molecule has 2 unspecified atom stereocenters. The van der Waals surface area contributed by atoms with Gasteiger partial charge in [0.25, 0.3) is 0 Å². The first-order valence-corrected chi connectivity index (χ1v) is 14.3. The Labute approximate surface area is 227 Å². The van der Waals surface area contributed by atoms with Crippen molar-refractivity contribution in [1.82, 2.24) is 0 Å². The van der Waals surface area contributed by atoms with E-state index in [9.17, 15) is 8.78 Å². The van der Waals surface area contributed by atoms with Crippen LogP contribution < -0.4 is 0 Å². The van der Waals surface area contributed by atoms with Gasteiger partial charge in [-0.25, -0.2) is 0 Å². The fraction of sp³-hybridized carbons (Fsp3) is 0.576. The predicted octanol–water partition coefficient (Wildman–Crippen LogP) is 9.09. The van der Waals surface area contributed by atoms with E-state index in [-0.39, 0.29) is 12.4 Å². The van der Waals surface area contributed by atoms with Crippen molar-refractivity contribution in [3.63, 3.8) is 0 Å². The minimum Gasteiger partial charge on any atom is -0.494 e. The Morgan fingerprint density at radius 2 is 1.45 bits per heavy atom. The molecule has 38 heavy (non-hydrogen) atoms. The van der Waals surface area contributed by atoms with Crippen LogP contribution >= 0.6 is 0 Å². The Balaban J connectivity index is 1.19. The standard InChI is InChI=1S/C33H44F2O3/c1-5-24-6-12-29(13-7-24)31-19-18-30(21-38-31)28-16-14-27(15-17-28)26-10-8-25(9-11-26)20-37-23(3)33(35)32(34)22(2)36-4/h5,8-11,24,27-31H,1-3,6-7,12-21H2,4H3/b33-32-. The van der Waals surface area contributed by atoms with Crippen molar-refractivity contribution in [2.24, 2.45) is 23.7 Å². The van der Waals surface area contributed by atoms with Crippen LogP contribution in [0.15, 0.2) is 73.3 Å². The molecule has 5 heteroatoms. The number of benzene rings is 1. The molecule has 1 aromatic carbocycles. The van der Waals surface area contributed by atoms with Crippen LogP contribution in [0.3, 0.4) is 0 Å². The molecule has 3 nitrogen and oxygen atoms in total. The molecule has 0 radical (unpaired) electrons. The largest absolute Gasteiger partial charge is 0.494 e. The van der Waals surface area contributed by atoms with Crippen LogP contribution in [0, 0.1) is 23.7 Å². The van der Waals surface area contributed by atoms with Crippen LogP contribution in [-0.4, -0.2) is 19.8 Å². The third-order valence-corrected chi connectivity index (χ3v) is 9.25. The van der Waals surface area contributed by atoms with Crippen LogP contribution in [-0.2, 0) is 20.8 Å².